The highest BCUT2D eigenvalue weighted by atomic mass is 19.4. The zero-order valence-electron chi connectivity index (χ0n) is 16.9. The zero-order chi connectivity index (χ0) is 20.9. The lowest BCUT2D eigenvalue weighted by Gasteiger charge is -2.30. The summed E-state index contributed by atoms with van der Waals surface area (Å²) in [6, 6.07) is 5.69. The van der Waals surface area contributed by atoms with Gasteiger partial charge in [0.2, 0.25) is 5.95 Å². The quantitative estimate of drug-likeness (QED) is 0.653. The number of hydrogen-bond acceptors (Lipinski definition) is 5. The van der Waals surface area contributed by atoms with Crippen LogP contribution in [0.25, 0.3) is 0 Å². The molecule has 5 nitrogen and oxygen atoms in total. The molecule has 0 aliphatic rings. The molecule has 8 heteroatoms. The Kier molecular flexibility index (Phi) is 7.23. The lowest BCUT2D eigenvalue weighted by Crippen LogP contribution is -2.40. The Hall–Kier alpha value is -2.35. The summed E-state index contributed by atoms with van der Waals surface area (Å²) in [6.45, 7) is 12.2. The summed E-state index contributed by atoms with van der Waals surface area (Å²) in [6.07, 6.45) is -2.67. The Morgan fingerprint density at radius 2 is 1.64 bits per heavy atom. The van der Waals surface area contributed by atoms with Crippen molar-refractivity contribution in [3.8, 4) is 0 Å². The first kappa shape index (κ1) is 21.9. The molecule has 0 amide bonds. The van der Waals surface area contributed by atoms with Gasteiger partial charge in [0.15, 0.2) is 0 Å². The minimum atomic E-state index is -4.35. The van der Waals surface area contributed by atoms with E-state index in [2.05, 4.69) is 53.2 Å². The second-order valence-electron chi connectivity index (χ2n) is 7.28. The minimum absolute atomic E-state index is 0.331. The number of nitrogens with one attached hydrogen (secondary N) is 2. The monoisotopic (exact) mass is 395 g/mol. The summed E-state index contributed by atoms with van der Waals surface area (Å²) < 4.78 is 38.0. The van der Waals surface area contributed by atoms with Crippen LogP contribution in [0.1, 0.15) is 38.8 Å². The van der Waals surface area contributed by atoms with Crippen molar-refractivity contribution in [2.75, 3.05) is 23.7 Å². The minimum Gasteiger partial charge on any atom is -0.368 e. The van der Waals surface area contributed by atoms with Crippen LogP contribution >= 0.6 is 0 Å². The van der Waals surface area contributed by atoms with Crippen molar-refractivity contribution in [3.63, 3.8) is 0 Å². The van der Waals surface area contributed by atoms with Gasteiger partial charge in [-0.25, -0.2) is 4.98 Å². The van der Waals surface area contributed by atoms with Gasteiger partial charge in [0, 0.05) is 42.6 Å². The summed E-state index contributed by atoms with van der Waals surface area (Å²) in [5.41, 5.74) is 0.706. The summed E-state index contributed by atoms with van der Waals surface area (Å²) in [5, 5.41) is 6.27. The molecule has 0 aliphatic carbocycles. The third-order valence-corrected chi connectivity index (χ3v) is 4.43. The highest BCUT2D eigenvalue weighted by Crippen LogP contribution is 2.30. The standard InChI is InChI=1S/C20H28F3N5/c1-13(2)28(14(3)4)11-10-24-18-15(5)12-25-19(27-18)26-17-8-6-16(7-9-17)20(21,22)23/h6-9,12-14H,10-11H2,1-5H3,(H2,24,25,26,27). The molecule has 1 heterocycles. The van der Waals surface area contributed by atoms with Crippen LogP contribution < -0.4 is 10.6 Å². The number of anilines is 3. The Balaban J connectivity index is 2.02. The van der Waals surface area contributed by atoms with E-state index in [1.807, 2.05) is 6.92 Å². The summed E-state index contributed by atoms with van der Waals surface area (Å²) in [5.74, 6) is 1.04. The van der Waals surface area contributed by atoms with E-state index in [-0.39, 0.29) is 0 Å². The Morgan fingerprint density at radius 3 is 2.18 bits per heavy atom. The number of halogens is 3. The lowest BCUT2D eigenvalue weighted by atomic mass is 10.2. The van der Waals surface area contributed by atoms with Crippen LogP contribution in [-0.4, -0.2) is 40.0 Å². The Labute approximate surface area is 164 Å². The number of alkyl halides is 3. The van der Waals surface area contributed by atoms with E-state index in [1.54, 1.807) is 6.20 Å². The van der Waals surface area contributed by atoms with Gasteiger partial charge in [0.1, 0.15) is 5.82 Å². The molecular formula is C20H28F3N5. The second-order valence-corrected chi connectivity index (χ2v) is 7.28. The van der Waals surface area contributed by atoms with Gasteiger partial charge < -0.3 is 10.6 Å². The molecule has 0 unspecified atom stereocenters. The molecule has 2 N–H and O–H groups in total. The molecule has 1 aromatic carbocycles. The number of aromatic nitrogens is 2. The van der Waals surface area contributed by atoms with Crippen LogP contribution in [0.3, 0.4) is 0 Å². The maximum Gasteiger partial charge on any atom is 0.416 e. The van der Waals surface area contributed by atoms with E-state index < -0.39 is 11.7 Å². The molecule has 0 atom stereocenters. The maximum atomic E-state index is 12.7. The van der Waals surface area contributed by atoms with Crippen LogP contribution in [0.4, 0.5) is 30.6 Å². The van der Waals surface area contributed by atoms with Crippen LogP contribution in [-0.2, 0) is 6.18 Å². The molecule has 0 spiro atoms. The highest BCUT2D eigenvalue weighted by molar-refractivity contribution is 5.56. The fourth-order valence-electron chi connectivity index (χ4n) is 2.97. The topological polar surface area (TPSA) is 53.1 Å². The second kappa shape index (κ2) is 9.23. The van der Waals surface area contributed by atoms with Crippen molar-refractivity contribution < 1.29 is 13.2 Å². The number of hydrogen-bond donors (Lipinski definition) is 2. The molecular weight excluding hydrogens is 367 g/mol. The van der Waals surface area contributed by atoms with Gasteiger partial charge in [-0.05, 0) is 58.9 Å². The largest absolute Gasteiger partial charge is 0.416 e. The summed E-state index contributed by atoms with van der Waals surface area (Å²) >= 11 is 0. The van der Waals surface area contributed by atoms with E-state index >= 15 is 0 Å². The number of aryl methyl sites for hydroxylation is 1. The first-order chi connectivity index (χ1) is 13.1. The summed E-state index contributed by atoms with van der Waals surface area (Å²) in [4.78, 5) is 11.0. The maximum absolute atomic E-state index is 12.7. The zero-order valence-corrected chi connectivity index (χ0v) is 16.9. The predicted molar refractivity (Wildman–Crippen MR) is 107 cm³/mol. The molecule has 1 aromatic heterocycles. The molecule has 0 fully saturated rings. The number of rotatable bonds is 8. The molecule has 0 saturated carbocycles. The van der Waals surface area contributed by atoms with Gasteiger partial charge in [0.25, 0.3) is 0 Å². The van der Waals surface area contributed by atoms with Gasteiger partial charge in [0.05, 0.1) is 5.56 Å². The molecule has 0 radical (unpaired) electrons. The van der Waals surface area contributed by atoms with Crippen LogP contribution in [0.15, 0.2) is 30.5 Å². The molecule has 154 valence electrons. The fourth-order valence-corrected chi connectivity index (χ4v) is 2.97. The first-order valence-electron chi connectivity index (χ1n) is 9.35. The Bertz CT molecular complexity index is 749. The molecule has 28 heavy (non-hydrogen) atoms. The van der Waals surface area contributed by atoms with Crippen molar-refractivity contribution in [2.45, 2.75) is 52.9 Å². The third-order valence-electron chi connectivity index (χ3n) is 4.43. The number of benzene rings is 1. The lowest BCUT2D eigenvalue weighted by molar-refractivity contribution is -0.137. The SMILES string of the molecule is Cc1cnc(Nc2ccc(C(F)(F)F)cc2)nc1NCCN(C(C)C)C(C)C. The van der Waals surface area contributed by atoms with Crippen LogP contribution in [0.5, 0.6) is 0 Å². The van der Waals surface area contributed by atoms with Crippen molar-refractivity contribution in [2.24, 2.45) is 0 Å². The number of nitrogens with zero attached hydrogens (tertiary/aromatic N) is 3. The molecule has 0 bridgehead atoms. The van der Waals surface area contributed by atoms with Gasteiger partial charge >= 0.3 is 6.18 Å². The van der Waals surface area contributed by atoms with Gasteiger partial charge in [-0.15, -0.1) is 0 Å². The van der Waals surface area contributed by atoms with Gasteiger partial charge in [-0.3, -0.25) is 4.90 Å². The van der Waals surface area contributed by atoms with Crippen LogP contribution in [0.2, 0.25) is 0 Å². The van der Waals surface area contributed by atoms with E-state index in [9.17, 15) is 13.2 Å². The molecule has 0 saturated heterocycles. The van der Waals surface area contributed by atoms with E-state index in [4.69, 9.17) is 0 Å². The van der Waals surface area contributed by atoms with Crippen molar-refractivity contribution >= 4 is 17.5 Å². The third kappa shape index (κ3) is 6.09. The average Bonchev–Trinajstić information content (AvgIpc) is 2.60. The van der Waals surface area contributed by atoms with Crippen molar-refractivity contribution in [3.05, 3.63) is 41.6 Å². The Morgan fingerprint density at radius 1 is 1.04 bits per heavy atom. The van der Waals surface area contributed by atoms with Gasteiger partial charge in [-0.2, -0.15) is 18.2 Å². The smallest absolute Gasteiger partial charge is 0.368 e. The summed E-state index contributed by atoms with van der Waals surface area (Å²) in [7, 11) is 0. The molecule has 2 rings (SSSR count). The van der Waals surface area contributed by atoms with E-state index in [0.29, 0.717) is 29.5 Å². The molecule has 0 aliphatic heterocycles. The van der Waals surface area contributed by atoms with Crippen molar-refractivity contribution in [1.82, 2.24) is 14.9 Å². The molecule has 2 aromatic rings. The van der Waals surface area contributed by atoms with Gasteiger partial charge in [-0.1, -0.05) is 0 Å². The predicted octanol–water partition coefficient (Wildman–Crippen LogP) is 5.08. The van der Waals surface area contributed by atoms with Crippen LogP contribution in [0, 0.1) is 6.92 Å². The van der Waals surface area contributed by atoms with Crippen molar-refractivity contribution in [1.29, 1.82) is 0 Å². The first-order valence-corrected chi connectivity index (χ1v) is 9.35. The van der Waals surface area contributed by atoms with E-state index in [1.165, 1.54) is 12.1 Å². The fraction of sp³-hybridized carbons (Fsp3) is 0.500. The normalized spacial score (nSPS) is 12.1. The average molecular weight is 395 g/mol. The highest BCUT2D eigenvalue weighted by Gasteiger charge is 2.29. The van der Waals surface area contributed by atoms with E-state index in [0.717, 1.165) is 30.8 Å².